The molecule has 1 aromatic rings. The number of hydrogen-bond donors (Lipinski definition) is 1. The van der Waals surface area contributed by atoms with E-state index in [1.165, 1.54) is 0 Å². The zero-order valence-electron chi connectivity index (χ0n) is 9.91. The number of Topliss-reactive ketones (excluding diaryl/α,β-unsaturated/α-hetero) is 1. The summed E-state index contributed by atoms with van der Waals surface area (Å²) in [7, 11) is 0. The van der Waals surface area contributed by atoms with Crippen LogP contribution in [0.3, 0.4) is 0 Å². The summed E-state index contributed by atoms with van der Waals surface area (Å²) in [6.45, 7) is 1.58. The predicted octanol–water partition coefficient (Wildman–Crippen LogP) is 2.08. The van der Waals surface area contributed by atoms with Crippen LogP contribution in [0.2, 0.25) is 0 Å². The van der Waals surface area contributed by atoms with Crippen molar-refractivity contribution in [3.05, 3.63) is 40.3 Å². The molecule has 0 aliphatic carbocycles. The smallest absolute Gasteiger partial charge is 0.184 e. The van der Waals surface area contributed by atoms with Crippen LogP contribution in [0.1, 0.15) is 23.7 Å². The molecule has 94 valence electrons. The van der Waals surface area contributed by atoms with Crippen LogP contribution >= 0.6 is 0 Å². The van der Waals surface area contributed by atoms with Crippen LogP contribution in [-0.4, -0.2) is 29.1 Å². The van der Waals surface area contributed by atoms with E-state index in [0.29, 0.717) is 17.7 Å². The lowest BCUT2D eigenvalue weighted by Crippen LogP contribution is -2.54. The highest BCUT2D eigenvalue weighted by Gasteiger charge is 2.48. The summed E-state index contributed by atoms with van der Waals surface area (Å²) in [5.41, 5.74) is 7.41. The van der Waals surface area contributed by atoms with Crippen molar-refractivity contribution in [1.82, 2.24) is 0 Å². The highest BCUT2D eigenvalue weighted by atomic mass is 16.5. The van der Waals surface area contributed by atoms with Gasteiger partial charge in [-0.25, -0.2) is 0 Å². The number of benzene rings is 1. The van der Waals surface area contributed by atoms with Crippen LogP contribution in [0.15, 0.2) is 29.4 Å². The molecule has 0 fully saturated rings. The number of ketones is 1. The zero-order valence-corrected chi connectivity index (χ0v) is 9.91. The molecule has 0 radical (unpaired) electrons. The fraction of sp³-hybridized carbons (Fsp3) is 0.417. The van der Waals surface area contributed by atoms with Gasteiger partial charge >= 0.3 is 0 Å². The van der Waals surface area contributed by atoms with Crippen molar-refractivity contribution >= 4 is 5.78 Å². The van der Waals surface area contributed by atoms with E-state index in [-0.39, 0.29) is 6.61 Å². The summed E-state index contributed by atoms with van der Waals surface area (Å²) in [6.07, 6.45) is -0.759. The second-order valence-corrected chi connectivity index (χ2v) is 4.15. The minimum absolute atomic E-state index is 0.137. The lowest BCUT2D eigenvalue weighted by molar-refractivity contribution is 0.0332. The summed E-state index contributed by atoms with van der Waals surface area (Å²) in [5.74, 6) is 0.0612. The van der Waals surface area contributed by atoms with Crippen molar-refractivity contribution in [3.63, 3.8) is 0 Å². The second-order valence-electron chi connectivity index (χ2n) is 4.15. The molecular weight excluding hydrogens is 234 g/mol. The van der Waals surface area contributed by atoms with E-state index in [2.05, 4.69) is 10.0 Å². The molecule has 0 spiro atoms. The van der Waals surface area contributed by atoms with Crippen LogP contribution in [0, 0.1) is 0 Å². The highest BCUT2D eigenvalue weighted by molar-refractivity contribution is 6.07. The maximum absolute atomic E-state index is 12.4. The van der Waals surface area contributed by atoms with Gasteiger partial charge < -0.3 is 9.84 Å². The predicted molar refractivity (Wildman–Crippen MR) is 64.4 cm³/mol. The fourth-order valence-corrected chi connectivity index (χ4v) is 2.07. The maximum atomic E-state index is 12.4. The molecule has 0 saturated heterocycles. The molecule has 0 saturated carbocycles. The molecule has 1 heterocycles. The van der Waals surface area contributed by atoms with Crippen molar-refractivity contribution in [2.24, 2.45) is 5.11 Å². The van der Waals surface area contributed by atoms with Gasteiger partial charge in [-0.15, -0.1) is 0 Å². The van der Waals surface area contributed by atoms with Crippen LogP contribution in [0.25, 0.3) is 10.4 Å². The molecule has 0 amide bonds. The van der Waals surface area contributed by atoms with Gasteiger partial charge in [-0.2, -0.15) is 0 Å². The highest BCUT2D eigenvalue weighted by Crippen LogP contribution is 2.34. The molecule has 6 heteroatoms. The molecule has 2 atom stereocenters. The van der Waals surface area contributed by atoms with Crippen LogP contribution in [-0.2, 0) is 0 Å². The van der Waals surface area contributed by atoms with Crippen molar-refractivity contribution in [2.45, 2.75) is 25.0 Å². The van der Waals surface area contributed by atoms with Gasteiger partial charge in [0, 0.05) is 4.91 Å². The van der Waals surface area contributed by atoms with Crippen molar-refractivity contribution in [1.29, 1.82) is 0 Å². The number of para-hydroxylation sites is 1. The maximum Gasteiger partial charge on any atom is 0.184 e. The molecule has 1 aliphatic heterocycles. The van der Waals surface area contributed by atoms with E-state index in [1.54, 1.807) is 31.2 Å². The molecule has 0 bridgehead atoms. The number of hydrogen-bond acceptors (Lipinski definition) is 4. The van der Waals surface area contributed by atoms with Crippen LogP contribution in [0.4, 0.5) is 0 Å². The molecule has 6 nitrogen and oxygen atoms in total. The third-order valence-electron chi connectivity index (χ3n) is 3.13. The molecular formula is C12H13N3O3. The minimum Gasteiger partial charge on any atom is -0.492 e. The van der Waals surface area contributed by atoms with Gasteiger partial charge in [0.05, 0.1) is 11.7 Å². The summed E-state index contributed by atoms with van der Waals surface area (Å²) in [5, 5.41) is 13.5. The summed E-state index contributed by atoms with van der Waals surface area (Å²) in [4.78, 5) is 15.1. The standard InChI is InChI=1S/C12H13N3O3/c1-2-10(16)12(14-15-13)7-18-9-6-4-3-5-8(9)11(12)17/h3-6,10,16H,2,7H2,1H3/t10-,12+/m1/s1. The molecule has 1 N–H and O–H groups in total. The third-order valence-corrected chi connectivity index (χ3v) is 3.13. The Kier molecular flexibility index (Phi) is 3.23. The number of carbonyl (C=O) groups is 1. The van der Waals surface area contributed by atoms with Gasteiger partial charge in [0.1, 0.15) is 12.4 Å². The van der Waals surface area contributed by atoms with Gasteiger partial charge in [0.25, 0.3) is 0 Å². The average Bonchev–Trinajstić information content (AvgIpc) is 2.41. The minimum atomic E-state index is -1.56. The van der Waals surface area contributed by atoms with Crippen LogP contribution < -0.4 is 4.74 Å². The second kappa shape index (κ2) is 4.68. The first-order chi connectivity index (χ1) is 8.65. The molecule has 18 heavy (non-hydrogen) atoms. The average molecular weight is 247 g/mol. The first-order valence-corrected chi connectivity index (χ1v) is 5.66. The Labute approximate surface area is 104 Å². The lowest BCUT2D eigenvalue weighted by atomic mass is 9.82. The topological polar surface area (TPSA) is 95.3 Å². The Balaban J connectivity index is 2.53. The number of aliphatic hydroxyl groups excluding tert-OH is 1. The monoisotopic (exact) mass is 247 g/mol. The first-order valence-electron chi connectivity index (χ1n) is 5.66. The van der Waals surface area contributed by atoms with E-state index in [0.717, 1.165) is 0 Å². The van der Waals surface area contributed by atoms with Crippen LogP contribution in [0.5, 0.6) is 5.75 Å². The van der Waals surface area contributed by atoms with Gasteiger partial charge in [-0.05, 0) is 24.1 Å². The zero-order chi connectivity index (χ0) is 13.2. The van der Waals surface area contributed by atoms with Gasteiger partial charge in [0.15, 0.2) is 11.3 Å². The number of carbonyl (C=O) groups excluding carboxylic acids is 1. The normalized spacial score (nSPS) is 23.6. The van der Waals surface area contributed by atoms with Gasteiger partial charge in [-0.3, -0.25) is 4.79 Å². The molecule has 0 aromatic heterocycles. The van der Waals surface area contributed by atoms with E-state index in [1.807, 2.05) is 0 Å². The largest absolute Gasteiger partial charge is 0.492 e. The lowest BCUT2D eigenvalue weighted by Gasteiger charge is -2.35. The molecule has 1 aromatic carbocycles. The number of nitrogens with zero attached hydrogens (tertiary/aromatic N) is 3. The number of azide groups is 1. The first kappa shape index (κ1) is 12.4. The van der Waals surface area contributed by atoms with E-state index >= 15 is 0 Å². The van der Waals surface area contributed by atoms with E-state index in [9.17, 15) is 9.90 Å². The molecule has 1 aliphatic rings. The third kappa shape index (κ3) is 1.72. The van der Waals surface area contributed by atoms with Crippen molar-refractivity contribution in [2.75, 3.05) is 6.61 Å². The number of ether oxygens (including phenoxy) is 1. The van der Waals surface area contributed by atoms with Crippen molar-refractivity contribution in [3.8, 4) is 5.75 Å². The van der Waals surface area contributed by atoms with E-state index < -0.39 is 17.4 Å². The summed E-state index contributed by atoms with van der Waals surface area (Å²) < 4.78 is 5.44. The van der Waals surface area contributed by atoms with Gasteiger partial charge in [0.2, 0.25) is 0 Å². The number of rotatable bonds is 3. The van der Waals surface area contributed by atoms with E-state index in [4.69, 9.17) is 10.3 Å². The number of fused-ring (bicyclic) bond motifs is 1. The van der Waals surface area contributed by atoms with Gasteiger partial charge in [-0.1, -0.05) is 24.2 Å². The Hall–Kier alpha value is -2.04. The SMILES string of the molecule is CC[C@@H](O)[C@@]1(N=[N+]=[N-])COc2ccccc2C1=O. The quantitative estimate of drug-likeness (QED) is 0.503. The Morgan fingerprint density at radius 3 is 3.00 bits per heavy atom. The molecule has 0 unspecified atom stereocenters. The Morgan fingerprint density at radius 2 is 2.33 bits per heavy atom. The fourth-order valence-electron chi connectivity index (χ4n) is 2.07. The summed E-state index contributed by atoms with van der Waals surface area (Å²) >= 11 is 0. The Bertz CT molecular complexity index is 525. The summed E-state index contributed by atoms with van der Waals surface area (Å²) in [6, 6.07) is 6.72. The molecule has 2 rings (SSSR count). The Morgan fingerprint density at radius 1 is 1.61 bits per heavy atom. The van der Waals surface area contributed by atoms with Crippen molar-refractivity contribution < 1.29 is 14.6 Å². The number of aliphatic hydroxyl groups is 1.